The molecule has 1 nitrogen and oxygen atoms in total. The Hall–Kier alpha value is -0.340. The number of benzene rings is 1. The van der Waals surface area contributed by atoms with Crippen molar-refractivity contribution in [3.63, 3.8) is 0 Å². The lowest BCUT2D eigenvalue weighted by Gasteiger charge is -1.90. The van der Waals surface area contributed by atoms with E-state index < -0.39 is 0 Å². The first-order valence-electron chi connectivity index (χ1n) is 3.25. The van der Waals surface area contributed by atoms with Crippen LogP contribution in [0.5, 0.6) is 0 Å². The van der Waals surface area contributed by atoms with Crippen LogP contribution in [0.3, 0.4) is 0 Å². The molecule has 1 aromatic rings. The smallest absolute Gasteiger partial charge is 0.0140 e. The van der Waals surface area contributed by atoms with E-state index in [1.165, 1.54) is 0 Å². The van der Waals surface area contributed by atoms with Gasteiger partial charge >= 0.3 is 0 Å². The highest BCUT2D eigenvalue weighted by molar-refractivity contribution is 8.93. The molecule has 0 atom stereocenters. The van der Waals surface area contributed by atoms with E-state index in [9.17, 15) is 0 Å². The lowest BCUT2D eigenvalue weighted by atomic mass is 10.4. The van der Waals surface area contributed by atoms with Crippen molar-refractivity contribution < 1.29 is 0 Å². The fourth-order valence-electron chi connectivity index (χ4n) is 0.342. The molecule has 0 bridgehead atoms. The Morgan fingerprint density at radius 2 is 1.27 bits per heavy atom. The summed E-state index contributed by atoms with van der Waals surface area (Å²) in [7, 11) is 6.00. The Labute approximate surface area is 79.8 Å². The molecule has 2 heteroatoms. The van der Waals surface area contributed by atoms with Gasteiger partial charge in [0.1, 0.15) is 0 Å². The molecule has 0 aromatic heterocycles. The fraction of sp³-hybridized carbons (Fsp3) is 0.333. The van der Waals surface area contributed by atoms with Gasteiger partial charge in [0, 0.05) is 0 Å². The number of rotatable bonds is 0. The van der Waals surface area contributed by atoms with Crippen molar-refractivity contribution in [3.05, 3.63) is 36.4 Å². The van der Waals surface area contributed by atoms with Crippen molar-refractivity contribution in [2.45, 2.75) is 0 Å². The Bertz CT molecular complexity index is 110. The van der Waals surface area contributed by atoms with E-state index in [0.29, 0.717) is 0 Å². The molecule has 0 fully saturated rings. The Kier molecular flexibility index (Phi) is 11.6. The molecular formula is C9H15BrN. The van der Waals surface area contributed by atoms with Crippen LogP contribution in [0.4, 0.5) is 0 Å². The number of hydrogen-bond donors (Lipinski definition) is 0. The van der Waals surface area contributed by atoms with Gasteiger partial charge in [0.2, 0.25) is 0 Å². The van der Waals surface area contributed by atoms with Crippen LogP contribution in [-0.2, 0) is 0 Å². The maximum absolute atomic E-state index is 2.89. The van der Waals surface area contributed by atoms with Crippen LogP contribution in [0.2, 0.25) is 0 Å². The van der Waals surface area contributed by atoms with E-state index in [1.54, 1.807) is 0 Å². The molecule has 0 amide bonds. The van der Waals surface area contributed by atoms with Crippen LogP contribution >= 0.6 is 17.0 Å². The summed E-state index contributed by atoms with van der Waals surface area (Å²) in [6.07, 6.45) is 0. The van der Waals surface area contributed by atoms with Crippen molar-refractivity contribution in [2.75, 3.05) is 21.1 Å². The Morgan fingerprint density at radius 3 is 1.36 bits per heavy atom. The van der Waals surface area contributed by atoms with E-state index in [0.717, 1.165) is 0 Å². The fourth-order valence-corrected chi connectivity index (χ4v) is 0.342. The summed E-state index contributed by atoms with van der Waals surface area (Å²) in [4.78, 5) is 2.00. The molecule has 0 spiro atoms. The third-order valence-corrected chi connectivity index (χ3v) is 0.607. The minimum Gasteiger partial charge on any atom is -0.312 e. The van der Waals surface area contributed by atoms with Crippen LogP contribution in [0.1, 0.15) is 0 Å². The molecule has 63 valence electrons. The van der Waals surface area contributed by atoms with Gasteiger partial charge in [-0.1, -0.05) is 30.3 Å². The SMILES string of the molecule is Br.CN(C)C.[c]1ccccc1. The van der Waals surface area contributed by atoms with E-state index in [-0.39, 0.29) is 17.0 Å². The normalized spacial score (nSPS) is 7.64. The summed E-state index contributed by atoms with van der Waals surface area (Å²) in [6.45, 7) is 0. The topological polar surface area (TPSA) is 3.24 Å². The van der Waals surface area contributed by atoms with Gasteiger partial charge in [-0.2, -0.15) is 0 Å². The lowest BCUT2D eigenvalue weighted by molar-refractivity contribution is 0.505. The first-order valence-corrected chi connectivity index (χ1v) is 3.25. The summed E-state index contributed by atoms with van der Waals surface area (Å²) >= 11 is 0. The lowest BCUT2D eigenvalue weighted by Crippen LogP contribution is -1.99. The zero-order valence-electron chi connectivity index (χ0n) is 7.24. The van der Waals surface area contributed by atoms with E-state index in [4.69, 9.17) is 0 Å². The molecule has 1 aromatic carbocycles. The van der Waals surface area contributed by atoms with Gasteiger partial charge in [0.25, 0.3) is 0 Å². The zero-order valence-corrected chi connectivity index (χ0v) is 8.96. The third kappa shape index (κ3) is 17.7. The highest BCUT2D eigenvalue weighted by atomic mass is 79.9. The molecule has 0 saturated carbocycles. The summed E-state index contributed by atoms with van der Waals surface area (Å²) in [5.41, 5.74) is 0. The van der Waals surface area contributed by atoms with Crippen molar-refractivity contribution >= 4 is 17.0 Å². The standard InChI is InChI=1S/C6H5.C3H9N.BrH/c1-2-4-6-5-3-1;1-4(2)3;/h1-5H;1-3H3;1H. The van der Waals surface area contributed by atoms with Crippen molar-refractivity contribution in [3.8, 4) is 0 Å². The third-order valence-electron chi connectivity index (χ3n) is 0.607. The summed E-state index contributed by atoms with van der Waals surface area (Å²) in [5.74, 6) is 0. The minimum absolute atomic E-state index is 0. The van der Waals surface area contributed by atoms with E-state index >= 15 is 0 Å². The maximum Gasteiger partial charge on any atom is -0.0140 e. The first kappa shape index (κ1) is 13.3. The van der Waals surface area contributed by atoms with E-state index in [1.807, 2.05) is 56.4 Å². The molecule has 0 N–H and O–H groups in total. The molecule has 0 unspecified atom stereocenters. The molecule has 0 aliphatic rings. The van der Waals surface area contributed by atoms with Crippen LogP contribution < -0.4 is 0 Å². The van der Waals surface area contributed by atoms with Gasteiger partial charge in [0.15, 0.2) is 0 Å². The van der Waals surface area contributed by atoms with Crippen LogP contribution in [0.25, 0.3) is 0 Å². The molecular weight excluding hydrogens is 202 g/mol. The van der Waals surface area contributed by atoms with Gasteiger partial charge in [-0.25, -0.2) is 0 Å². The van der Waals surface area contributed by atoms with Crippen LogP contribution in [-0.4, -0.2) is 26.0 Å². The Balaban J connectivity index is 0. The minimum atomic E-state index is 0. The molecule has 0 aliphatic heterocycles. The summed E-state index contributed by atoms with van der Waals surface area (Å²) < 4.78 is 0. The molecule has 1 rings (SSSR count). The second kappa shape index (κ2) is 9.66. The van der Waals surface area contributed by atoms with Crippen molar-refractivity contribution in [1.82, 2.24) is 4.90 Å². The number of hydrogen-bond acceptors (Lipinski definition) is 1. The van der Waals surface area contributed by atoms with Gasteiger partial charge in [0.05, 0.1) is 0 Å². The largest absolute Gasteiger partial charge is 0.312 e. The monoisotopic (exact) mass is 216 g/mol. The molecule has 0 saturated heterocycles. The average molecular weight is 217 g/mol. The van der Waals surface area contributed by atoms with Gasteiger partial charge < -0.3 is 4.90 Å². The molecule has 1 radical (unpaired) electrons. The highest BCUT2D eigenvalue weighted by Crippen LogP contribution is 1.78. The van der Waals surface area contributed by atoms with Gasteiger partial charge in [-0.05, 0) is 27.2 Å². The van der Waals surface area contributed by atoms with Gasteiger partial charge in [-0.15, -0.1) is 17.0 Å². The number of nitrogens with zero attached hydrogens (tertiary/aromatic N) is 1. The van der Waals surface area contributed by atoms with Gasteiger partial charge in [-0.3, -0.25) is 0 Å². The highest BCUT2D eigenvalue weighted by Gasteiger charge is 1.59. The Morgan fingerprint density at radius 1 is 0.909 bits per heavy atom. The second-order valence-corrected chi connectivity index (χ2v) is 2.42. The molecule has 0 heterocycles. The maximum atomic E-state index is 2.89. The quantitative estimate of drug-likeness (QED) is 0.644. The van der Waals surface area contributed by atoms with Crippen LogP contribution in [0.15, 0.2) is 30.3 Å². The zero-order chi connectivity index (χ0) is 7.82. The van der Waals surface area contributed by atoms with Crippen molar-refractivity contribution in [1.29, 1.82) is 0 Å². The molecule has 0 aliphatic carbocycles. The summed E-state index contributed by atoms with van der Waals surface area (Å²) in [5, 5.41) is 0. The predicted octanol–water partition coefficient (Wildman–Crippen LogP) is 2.24. The van der Waals surface area contributed by atoms with Crippen molar-refractivity contribution in [2.24, 2.45) is 0 Å². The summed E-state index contributed by atoms with van der Waals surface area (Å²) in [6, 6.07) is 12.5. The number of halogens is 1. The van der Waals surface area contributed by atoms with Crippen LogP contribution in [0, 0.1) is 6.07 Å². The van der Waals surface area contributed by atoms with E-state index in [2.05, 4.69) is 6.07 Å². The second-order valence-electron chi connectivity index (χ2n) is 2.42. The average Bonchev–Trinajstić information content (AvgIpc) is 1.90. The predicted molar refractivity (Wildman–Crippen MR) is 55.2 cm³/mol. The first-order chi connectivity index (χ1) is 4.73. The molecule has 11 heavy (non-hydrogen) atoms.